The Hall–Kier alpha value is -2.09. The van der Waals surface area contributed by atoms with E-state index in [1.807, 2.05) is 32.0 Å². The summed E-state index contributed by atoms with van der Waals surface area (Å²) in [5, 5.41) is 9.10. The summed E-state index contributed by atoms with van der Waals surface area (Å²) in [4.78, 5) is 11.9. The number of carbonyl (C=O) groups is 1. The largest absolute Gasteiger partial charge is 0.508 e. The van der Waals surface area contributed by atoms with Crippen LogP contribution in [0, 0.1) is 0 Å². The molecule has 1 N–H and O–H groups in total. The molecule has 0 aliphatic rings. The maximum Gasteiger partial charge on any atom is 0.193 e. The zero-order chi connectivity index (χ0) is 12.7. The summed E-state index contributed by atoms with van der Waals surface area (Å²) in [7, 11) is 0. The van der Waals surface area contributed by atoms with E-state index in [9.17, 15) is 4.79 Å². The molecule has 0 fully saturated rings. The van der Waals surface area contributed by atoms with Crippen LogP contribution >= 0.6 is 0 Å². The molecule has 17 heavy (non-hydrogen) atoms. The van der Waals surface area contributed by atoms with Gasteiger partial charge in [-0.25, -0.2) is 0 Å². The third-order valence-electron chi connectivity index (χ3n) is 2.17. The van der Waals surface area contributed by atoms with Gasteiger partial charge in [-0.05, 0) is 24.3 Å². The topological polar surface area (TPSA) is 37.3 Å². The van der Waals surface area contributed by atoms with Gasteiger partial charge in [-0.1, -0.05) is 44.2 Å². The van der Waals surface area contributed by atoms with Crippen molar-refractivity contribution < 1.29 is 9.90 Å². The number of hydrogen-bond donors (Lipinski definition) is 1. The van der Waals surface area contributed by atoms with Gasteiger partial charge in [0, 0.05) is 11.1 Å². The molecule has 0 bridgehead atoms. The van der Waals surface area contributed by atoms with Crippen molar-refractivity contribution in [2.45, 2.75) is 13.8 Å². The quantitative estimate of drug-likeness (QED) is 0.796. The van der Waals surface area contributed by atoms with Crippen molar-refractivity contribution in [1.29, 1.82) is 0 Å². The highest BCUT2D eigenvalue weighted by atomic mass is 16.3. The summed E-state index contributed by atoms with van der Waals surface area (Å²) in [6.07, 6.45) is 0. The zero-order valence-electron chi connectivity index (χ0n) is 10.1. The predicted octanol–water partition coefficient (Wildman–Crippen LogP) is 3.65. The monoisotopic (exact) mass is 228 g/mol. The van der Waals surface area contributed by atoms with Crippen molar-refractivity contribution in [3.63, 3.8) is 0 Å². The Balaban J connectivity index is 0.000000686. The standard InChI is InChI=1S/C13H10O2.C2H6/c14-12-8-6-11(7-9-12)13(15)10-4-2-1-3-5-10;1-2/h1-9,14H;1-2H3. The summed E-state index contributed by atoms with van der Waals surface area (Å²) in [5.74, 6) is 0.134. The first-order valence-corrected chi connectivity index (χ1v) is 5.66. The highest BCUT2D eigenvalue weighted by molar-refractivity contribution is 6.08. The van der Waals surface area contributed by atoms with E-state index in [1.54, 1.807) is 24.3 Å². The summed E-state index contributed by atoms with van der Waals surface area (Å²) < 4.78 is 0. The SMILES string of the molecule is CC.O=C(c1ccccc1)c1ccc(O)cc1. The number of phenolic OH excluding ortho intramolecular Hbond substituents is 1. The van der Waals surface area contributed by atoms with Crippen LogP contribution in [0.3, 0.4) is 0 Å². The predicted molar refractivity (Wildman–Crippen MR) is 69.3 cm³/mol. The number of benzene rings is 2. The third-order valence-corrected chi connectivity index (χ3v) is 2.17. The van der Waals surface area contributed by atoms with Gasteiger partial charge < -0.3 is 5.11 Å². The Morgan fingerprint density at radius 3 is 1.82 bits per heavy atom. The molecule has 2 aromatic rings. The van der Waals surface area contributed by atoms with E-state index < -0.39 is 0 Å². The van der Waals surface area contributed by atoms with Crippen LogP contribution in [0.1, 0.15) is 29.8 Å². The minimum Gasteiger partial charge on any atom is -0.508 e. The van der Waals surface area contributed by atoms with Gasteiger partial charge in [0.1, 0.15) is 5.75 Å². The highest BCUT2D eigenvalue weighted by Crippen LogP contribution is 2.13. The molecule has 0 aliphatic carbocycles. The molecule has 0 spiro atoms. The van der Waals surface area contributed by atoms with Crippen LogP contribution < -0.4 is 0 Å². The number of phenols is 1. The van der Waals surface area contributed by atoms with Crippen molar-refractivity contribution in [2.75, 3.05) is 0 Å². The lowest BCUT2D eigenvalue weighted by molar-refractivity contribution is 0.103. The van der Waals surface area contributed by atoms with E-state index >= 15 is 0 Å². The molecule has 88 valence electrons. The molecule has 2 heteroatoms. The first kappa shape index (κ1) is 13.0. The van der Waals surface area contributed by atoms with Gasteiger partial charge in [0.15, 0.2) is 5.78 Å². The summed E-state index contributed by atoms with van der Waals surface area (Å²) >= 11 is 0. The average Bonchev–Trinajstić information content (AvgIpc) is 2.42. The van der Waals surface area contributed by atoms with Crippen molar-refractivity contribution in [3.8, 4) is 5.75 Å². The van der Waals surface area contributed by atoms with E-state index in [-0.39, 0.29) is 11.5 Å². The number of rotatable bonds is 2. The summed E-state index contributed by atoms with van der Waals surface area (Å²) in [6.45, 7) is 4.00. The van der Waals surface area contributed by atoms with Gasteiger partial charge in [-0.3, -0.25) is 4.79 Å². The molecule has 0 saturated carbocycles. The van der Waals surface area contributed by atoms with E-state index in [0.717, 1.165) is 0 Å². The number of aromatic hydroxyl groups is 1. The molecule has 2 rings (SSSR count). The summed E-state index contributed by atoms with van der Waals surface area (Å²) in [5.41, 5.74) is 1.24. The van der Waals surface area contributed by atoms with Crippen LogP contribution in [-0.2, 0) is 0 Å². The number of hydrogen-bond acceptors (Lipinski definition) is 2. The van der Waals surface area contributed by atoms with Crippen LogP contribution in [0.2, 0.25) is 0 Å². The van der Waals surface area contributed by atoms with E-state index in [1.165, 1.54) is 12.1 Å². The van der Waals surface area contributed by atoms with Crippen LogP contribution in [0.5, 0.6) is 5.75 Å². The maximum absolute atomic E-state index is 11.9. The fraction of sp³-hybridized carbons (Fsp3) is 0.133. The molecule has 0 atom stereocenters. The van der Waals surface area contributed by atoms with Crippen LogP contribution in [0.4, 0.5) is 0 Å². The van der Waals surface area contributed by atoms with E-state index in [4.69, 9.17) is 5.11 Å². The minimum absolute atomic E-state index is 0.0319. The number of carbonyl (C=O) groups excluding carboxylic acids is 1. The minimum atomic E-state index is -0.0319. The smallest absolute Gasteiger partial charge is 0.193 e. The van der Waals surface area contributed by atoms with Crippen LogP contribution in [-0.4, -0.2) is 10.9 Å². The second kappa shape index (κ2) is 6.48. The van der Waals surface area contributed by atoms with Crippen molar-refractivity contribution in [3.05, 3.63) is 65.7 Å². The lowest BCUT2D eigenvalue weighted by Crippen LogP contribution is -1.99. The van der Waals surface area contributed by atoms with E-state index in [2.05, 4.69) is 0 Å². The van der Waals surface area contributed by atoms with Crippen molar-refractivity contribution in [2.24, 2.45) is 0 Å². The molecule has 2 nitrogen and oxygen atoms in total. The third kappa shape index (κ3) is 3.45. The molecule has 0 heterocycles. The lowest BCUT2D eigenvalue weighted by Gasteiger charge is -2.00. The first-order chi connectivity index (χ1) is 8.27. The Morgan fingerprint density at radius 2 is 1.29 bits per heavy atom. The molecule has 0 saturated heterocycles. The van der Waals surface area contributed by atoms with Crippen LogP contribution in [0.25, 0.3) is 0 Å². The van der Waals surface area contributed by atoms with E-state index in [0.29, 0.717) is 11.1 Å². The van der Waals surface area contributed by atoms with Gasteiger partial charge in [-0.2, -0.15) is 0 Å². The Labute approximate surface area is 102 Å². The zero-order valence-corrected chi connectivity index (χ0v) is 10.1. The maximum atomic E-state index is 11.9. The first-order valence-electron chi connectivity index (χ1n) is 5.66. The summed E-state index contributed by atoms with van der Waals surface area (Å²) in [6, 6.07) is 15.3. The molecule has 0 unspecified atom stereocenters. The second-order valence-corrected chi connectivity index (χ2v) is 3.24. The molecule has 0 aromatic heterocycles. The second-order valence-electron chi connectivity index (χ2n) is 3.24. The Kier molecular flexibility index (Phi) is 4.95. The van der Waals surface area contributed by atoms with Gasteiger partial charge >= 0.3 is 0 Å². The molecule has 0 aliphatic heterocycles. The number of ketones is 1. The normalized spacial score (nSPS) is 9.06. The van der Waals surface area contributed by atoms with Gasteiger partial charge in [0.2, 0.25) is 0 Å². The molecular formula is C15H16O2. The Morgan fingerprint density at radius 1 is 0.824 bits per heavy atom. The molecule has 2 aromatic carbocycles. The van der Waals surface area contributed by atoms with Gasteiger partial charge in [-0.15, -0.1) is 0 Å². The highest BCUT2D eigenvalue weighted by Gasteiger charge is 2.07. The fourth-order valence-corrected chi connectivity index (χ4v) is 1.37. The van der Waals surface area contributed by atoms with Crippen molar-refractivity contribution >= 4 is 5.78 Å². The van der Waals surface area contributed by atoms with Gasteiger partial charge in [0.25, 0.3) is 0 Å². The molecular weight excluding hydrogens is 212 g/mol. The lowest BCUT2D eigenvalue weighted by atomic mass is 10.0. The molecule has 0 amide bonds. The van der Waals surface area contributed by atoms with Crippen LogP contribution in [0.15, 0.2) is 54.6 Å². The fourth-order valence-electron chi connectivity index (χ4n) is 1.37. The van der Waals surface area contributed by atoms with Gasteiger partial charge in [0.05, 0.1) is 0 Å². The van der Waals surface area contributed by atoms with Crippen molar-refractivity contribution in [1.82, 2.24) is 0 Å². The average molecular weight is 228 g/mol. The Bertz CT molecular complexity index is 458. The molecule has 0 radical (unpaired) electrons.